The van der Waals surface area contributed by atoms with Gasteiger partial charge in [0.15, 0.2) is 11.5 Å². The Balaban J connectivity index is 1.38. The van der Waals surface area contributed by atoms with E-state index in [0.29, 0.717) is 18.5 Å². The SMILES string of the molecule is CNc1cc(C)nc(Nc2ccc(OC)c(OCC3CCN(C4CCC(C)C4)C3)c2)n1. The van der Waals surface area contributed by atoms with E-state index in [9.17, 15) is 0 Å². The molecule has 2 N–H and O–H groups in total. The van der Waals surface area contributed by atoms with Crippen LogP contribution in [0.1, 0.15) is 38.3 Å². The highest BCUT2D eigenvalue weighted by molar-refractivity contribution is 5.60. The monoisotopic (exact) mass is 425 g/mol. The van der Waals surface area contributed by atoms with Crippen molar-refractivity contribution in [2.45, 2.75) is 45.6 Å². The highest BCUT2D eigenvalue weighted by Crippen LogP contribution is 2.34. The molecule has 1 aromatic carbocycles. The van der Waals surface area contributed by atoms with E-state index < -0.39 is 0 Å². The van der Waals surface area contributed by atoms with Crippen molar-refractivity contribution in [3.8, 4) is 11.5 Å². The lowest BCUT2D eigenvalue weighted by Gasteiger charge is -2.24. The number of aryl methyl sites for hydroxylation is 1. The molecule has 1 aromatic heterocycles. The molecule has 7 nitrogen and oxygen atoms in total. The molecule has 0 spiro atoms. The molecule has 0 radical (unpaired) electrons. The van der Waals surface area contributed by atoms with Crippen LogP contribution in [0.15, 0.2) is 24.3 Å². The van der Waals surface area contributed by atoms with E-state index >= 15 is 0 Å². The highest BCUT2D eigenvalue weighted by atomic mass is 16.5. The number of anilines is 3. The zero-order valence-corrected chi connectivity index (χ0v) is 19.1. The van der Waals surface area contributed by atoms with Crippen molar-refractivity contribution >= 4 is 17.5 Å². The molecule has 1 aliphatic heterocycles. The van der Waals surface area contributed by atoms with Crippen LogP contribution in [0.5, 0.6) is 11.5 Å². The maximum Gasteiger partial charge on any atom is 0.229 e. The Morgan fingerprint density at radius 1 is 1.13 bits per heavy atom. The van der Waals surface area contributed by atoms with Crippen LogP contribution in [-0.4, -0.2) is 54.8 Å². The zero-order chi connectivity index (χ0) is 21.8. The van der Waals surface area contributed by atoms with Crippen molar-refractivity contribution in [3.05, 3.63) is 30.0 Å². The number of nitrogens with zero attached hydrogens (tertiary/aromatic N) is 3. The minimum Gasteiger partial charge on any atom is -0.493 e. The Hall–Kier alpha value is -2.54. The average Bonchev–Trinajstić information content (AvgIpc) is 3.41. The topological polar surface area (TPSA) is 71.5 Å². The predicted molar refractivity (Wildman–Crippen MR) is 125 cm³/mol. The van der Waals surface area contributed by atoms with E-state index in [2.05, 4.69) is 32.4 Å². The van der Waals surface area contributed by atoms with E-state index in [4.69, 9.17) is 9.47 Å². The highest BCUT2D eigenvalue weighted by Gasteiger charge is 2.32. The van der Waals surface area contributed by atoms with Gasteiger partial charge in [0.2, 0.25) is 5.95 Å². The minimum absolute atomic E-state index is 0.553. The van der Waals surface area contributed by atoms with Crippen LogP contribution < -0.4 is 20.1 Å². The summed E-state index contributed by atoms with van der Waals surface area (Å²) in [4.78, 5) is 11.6. The van der Waals surface area contributed by atoms with Gasteiger partial charge in [-0.2, -0.15) is 4.98 Å². The van der Waals surface area contributed by atoms with Crippen LogP contribution in [0.4, 0.5) is 17.5 Å². The summed E-state index contributed by atoms with van der Waals surface area (Å²) in [6, 6.07) is 8.53. The lowest BCUT2D eigenvalue weighted by Crippen LogP contribution is -2.32. The molecule has 3 atom stereocenters. The van der Waals surface area contributed by atoms with Crippen molar-refractivity contribution in [1.29, 1.82) is 0 Å². The van der Waals surface area contributed by atoms with Crippen molar-refractivity contribution in [2.75, 3.05) is 44.5 Å². The maximum atomic E-state index is 6.25. The average molecular weight is 426 g/mol. The molecule has 7 heteroatoms. The third-order valence-electron chi connectivity index (χ3n) is 6.51. The zero-order valence-electron chi connectivity index (χ0n) is 19.1. The van der Waals surface area contributed by atoms with Gasteiger partial charge in [0.25, 0.3) is 0 Å². The first-order chi connectivity index (χ1) is 15.0. The summed E-state index contributed by atoms with van der Waals surface area (Å²) < 4.78 is 11.8. The summed E-state index contributed by atoms with van der Waals surface area (Å²) in [7, 11) is 3.53. The fourth-order valence-electron chi connectivity index (χ4n) is 4.80. The summed E-state index contributed by atoms with van der Waals surface area (Å²) in [5.74, 6) is 4.27. The lowest BCUT2D eigenvalue weighted by atomic mass is 10.1. The summed E-state index contributed by atoms with van der Waals surface area (Å²) in [6.45, 7) is 7.38. The minimum atomic E-state index is 0.553. The standard InChI is InChI=1S/C24H35N5O2/c1-16-5-7-20(11-16)29-10-9-18(14-29)15-31-22-13-19(6-8-21(22)30-4)27-24-26-17(2)12-23(25-3)28-24/h6,8,12-13,16,18,20H,5,7,9-11,14-15H2,1-4H3,(H2,25,26,27,28). The number of aromatic nitrogens is 2. The number of hydrogen-bond acceptors (Lipinski definition) is 7. The summed E-state index contributed by atoms with van der Waals surface area (Å²) in [5.41, 5.74) is 1.77. The van der Waals surface area contributed by atoms with Crippen LogP contribution in [0.2, 0.25) is 0 Å². The normalized spacial score (nSPS) is 23.7. The lowest BCUT2D eigenvalue weighted by molar-refractivity contribution is 0.204. The van der Waals surface area contributed by atoms with E-state index in [0.717, 1.165) is 47.2 Å². The predicted octanol–water partition coefficient (Wildman–Crippen LogP) is 4.47. The van der Waals surface area contributed by atoms with Crippen LogP contribution in [0.25, 0.3) is 0 Å². The van der Waals surface area contributed by atoms with Gasteiger partial charge < -0.3 is 20.1 Å². The van der Waals surface area contributed by atoms with E-state index in [1.54, 1.807) is 7.11 Å². The second kappa shape index (κ2) is 9.73. The summed E-state index contributed by atoms with van der Waals surface area (Å²) >= 11 is 0. The van der Waals surface area contributed by atoms with E-state index in [1.807, 2.05) is 38.2 Å². The fourth-order valence-corrected chi connectivity index (χ4v) is 4.80. The molecule has 0 amide bonds. The van der Waals surface area contributed by atoms with Crippen molar-refractivity contribution < 1.29 is 9.47 Å². The number of benzene rings is 1. The molecular formula is C24H35N5O2. The fraction of sp³-hybridized carbons (Fsp3) is 0.583. The number of ether oxygens (including phenoxy) is 2. The Kier molecular flexibility index (Phi) is 6.80. The molecular weight excluding hydrogens is 390 g/mol. The molecule has 2 fully saturated rings. The maximum absolute atomic E-state index is 6.25. The smallest absolute Gasteiger partial charge is 0.229 e. The Labute approximate surface area is 185 Å². The van der Waals surface area contributed by atoms with Crippen molar-refractivity contribution in [2.24, 2.45) is 11.8 Å². The van der Waals surface area contributed by atoms with Crippen LogP contribution in [0.3, 0.4) is 0 Å². The molecule has 2 heterocycles. The van der Waals surface area contributed by atoms with Gasteiger partial charge >= 0.3 is 0 Å². The van der Waals surface area contributed by atoms with Crippen LogP contribution in [-0.2, 0) is 0 Å². The third kappa shape index (κ3) is 5.39. The third-order valence-corrected chi connectivity index (χ3v) is 6.51. The van der Waals surface area contributed by atoms with E-state index in [-0.39, 0.29) is 0 Å². The van der Waals surface area contributed by atoms with Gasteiger partial charge in [-0.1, -0.05) is 6.92 Å². The van der Waals surface area contributed by atoms with Gasteiger partial charge in [0.1, 0.15) is 5.82 Å². The number of nitrogens with one attached hydrogen (secondary N) is 2. The van der Waals surface area contributed by atoms with Crippen molar-refractivity contribution in [3.63, 3.8) is 0 Å². The molecule has 2 aliphatic rings. The molecule has 1 saturated heterocycles. The largest absolute Gasteiger partial charge is 0.493 e. The summed E-state index contributed by atoms with van der Waals surface area (Å²) in [6.07, 6.45) is 5.28. The molecule has 168 valence electrons. The number of hydrogen-bond donors (Lipinski definition) is 2. The van der Waals surface area contributed by atoms with E-state index in [1.165, 1.54) is 32.2 Å². The number of likely N-dealkylation sites (tertiary alicyclic amines) is 1. The first-order valence-corrected chi connectivity index (χ1v) is 11.4. The molecule has 0 bridgehead atoms. The Morgan fingerprint density at radius 2 is 2.00 bits per heavy atom. The van der Waals surface area contributed by atoms with Gasteiger partial charge in [0, 0.05) is 49.1 Å². The Bertz CT molecular complexity index is 890. The summed E-state index contributed by atoms with van der Waals surface area (Å²) in [5, 5.41) is 6.34. The number of rotatable bonds is 8. The second-order valence-electron chi connectivity index (χ2n) is 8.99. The molecule has 1 aliphatic carbocycles. The quantitative estimate of drug-likeness (QED) is 0.647. The number of methoxy groups -OCH3 is 1. The van der Waals surface area contributed by atoms with Gasteiger partial charge in [-0.05, 0) is 57.2 Å². The van der Waals surface area contributed by atoms with Gasteiger partial charge in [-0.15, -0.1) is 0 Å². The van der Waals surface area contributed by atoms with Crippen LogP contribution >= 0.6 is 0 Å². The molecule has 2 aromatic rings. The Morgan fingerprint density at radius 3 is 2.74 bits per heavy atom. The van der Waals surface area contributed by atoms with Crippen molar-refractivity contribution in [1.82, 2.24) is 14.9 Å². The molecule has 4 rings (SSSR count). The van der Waals surface area contributed by atoms with Gasteiger partial charge in [-0.3, -0.25) is 4.90 Å². The second-order valence-corrected chi connectivity index (χ2v) is 8.99. The molecule has 31 heavy (non-hydrogen) atoms. The van der Waals surface area contributed by atoms with Gasteiger partial charge in [-0.25, -0.2) is 4.98 Å². The molecule has 3 unspecified atom stereocenters. The molecule has 1 saturated carbocycles. The first-order valence-electron chi connectivity index (χ1n) is 11.4. The van der Waals surface area contributed by atoms with Crippen LogP contribution in [0, 0.1) is 18.8 Å². The first kappa shape index (κ1) is 21.7. The van der Waals surface area contributed by atoms with Gasteiger partial charge in [0.05, 0.1) is 13.7 Å².